The quantitative estimate of drug-likeness (QED) is 0.664. The van der Waals surface area contributed by atoms with Crippen LogP contribution in [0.5, 0.6) is 5.88 Å². The van der Waals surface area contributed by atoms with E-state index in [-0.39, 0.29) is 0 Å². The molecule has 0 aromatic carbocycles. The molecule has 1 aliphatic heterocycles. The average Bonchev–Trinajstić information content (AvgIpc) is 2.35. The van der Waals surface area contributed by atoms with E-state index in [0.29, 0.717) is 6.04 Å². The summed E-state index contributed by atoms with van der Waals surface area (Å²) in [6, 6.07) is 0.463. The number of ether oxygens (including phenoxy) is 1. The van der Waals surface area contributed by atoms with E-state index in [1.165, 1.54) is 0 Å². The van der Waals surface area contributed by atoms with E-state index in [4.69, 9.17) is 4.74 Å². The first-order valence-corrected chi connectivity index (χ1v) is 4.44. The summed E-state index contributed by atoms with van der Waals surface area (Å²) >= 11 is 3.37. The van der Waals surface area contributed by atoms with Gasteiger partial charge in [0.2, 0.25) is 5.88 Å². The SMILES string of the molecule is CC1CCOc2c(Br)cnn21. The third kappa shape index (κ3) is 1.05. The van der Waals surface area contributed by atoms with E-state index in [1.807, 2.05) is 4.68 Å². The minimum absolute atomic E-state index is 0.463. The summed E-state index contributed by atoms with van der Waals surface area (Å²) in [4.78, 5) is 0. The lowest BCUT2D eigenvalue weighted by Crippen LogP contribution is -2.18. The number of halogens is 1. The molecule has 1 aromatic heterocycles. The van der Waals surface area contributed by atoms with Crippen LogP contribution in [0.4, 0.5) is 0 Å². The lowest BCUT2D eigenvalue weighted by atomic mass is 10.2. The molecule has 11 heavy (non-hydrogen) atoms. The fourth-order valence-corrected chi connectivity index (χ4v) is 1.62. The van der Waals surface area contributed by atoms with Gasteiger partial charge in [-0.2, -0.15) is 5.10 Å². The molecule has 0 N–H and O–H groups in total. The molecular weight excluding hydrogens is 208 g/mol. The average molecular weight is 217 g/mol. The normalized spacial score (nSPS) is 22.5. The highest BCUT2D eigenvalue weighted by molar-refractivity contribution is 9.10. The van der Waals surface area contributed by atoms with Crippen LogP contribution in [0.15, 0.2) is 10.7 Å². The lowest BCUT2D eigenvalue weighted by Gasteiger charge is -2.21. The van der Waals surface area contributed by atoms with E-state index in [9.17, 15) is 0 Å². The predicted molar refractivity (Wildman–Crippen MR) is 44.8 cm³/mol. The molecule has 3 nitrogen and oxygen atoms in total. The number of rotatable bonds is 0. The smallest absolute Gasteiger partial charge is 0.226 e. The van der Waals surface area contributed by atoms with E-state index in [0.717, 1.165) is 23.4 Å². The highest BCUT2D eigenvalue weighted by atomic mass is 79.9. The van der Waals surface area contributed by atoms with Crippen molar-refractivity contribution in [1.29, 1.82) is 0 Å². The number of hydrogen-bond donors (Lipinski definition) is 0. The van der Waals surface area contributed by atoms with Gasteiger partial charge in [0.25, 0.3) is 0 Å². The van der Waals surface area contributed by atoms with E-state index >= 15 is 0 Å². The number of nitrogens with zero attached hydrogens (tertiary/aromatic N) is 2. The van der Waals surface area contributed by atoms with E-state index < -0.39 is 0 Å². The van der Waals surface area contributed by atoms with Crippen molar-refractivity contribution >= 4 is 15.9 Å². The Kier molecular flexibility index (Phi) is 1.64. The topological polar surface area (TPSA) is 27.1 Å². The van der Waals surface area contributed by atoms with Gasteiger partial charge in [0.1, 0.15) is 0 Å². The van der Waals surface area contributed by atoms with Crippen molar-refractivity contribution in [3.8, 4) is 5.88 Å². The van der Waals surface area contributed by atoms with Crippen molar-refractivity contribution in [1.82, 2.24) is 9.78 Å². The summed E-state index contributed by atoms with van der Waals surface area (Å²) in [5, 5.41) is 4.18. The summed E-state index contributed by atoms with van der Waals surface area (Å²) in [5.41, 5.74) is 0. The first-order valence-electron chi connectivity index (χ1n) is 3.65. The fourth-order valence-electron chi connectivity index (χ4n) is 1.23. The largest absolute Gasteiger partial charge is 0.477 e. The molecule has 4 heteroatoms. The van der Waals surface area contributed by atoms with Gasteiger partial charge < -0.3 is 4.74 Å². The van der Waals surface area contributed by atoms with Crippen LogP contribution in [0.2, 0.25) is 0 Å². The molecule has 1 aliphatic rings. The standard InChI is InChI=1S/C7H9BrN2O/c1-5-2-3-11-7-6(8)4-9-10(5)7/h4-5H,2-3H2,1H3. The van der Waals surface area contributed by atoms with Gasteiger partial charge in [-0.15, -0.1) is 0 Å². The summed E-state index contributed by atoms with van der Waals surface area (Å²) in [6.07, 6.45) is 2.82. The molecule has 0 saturated heterocycles. The molecule has 1 unspecified atom stereocenters. The molecular formula is C7H9BrN2O. The Bertz CT molecular complexity index is 271. The van der Waals surface area contributed by atoms with Gasteiger partial charge in [-0.05, 0) is 22.9 Å². The molecule has 0 radical (unpaired) electrons. The van der Waals surface area contributed by atoms with Crippen molar-refractivity contribution in [3.05, 3.63) is 10.7 Å². The summed E-state index contributed by atoms with van der Waals surface area (Å²) in [5.74, 6) is 0.865. The van der Waals surface area contributed by atoms with Crippen molar-refractivity contribution in [2.24, 2.45) is 0 Å². The third-order valence-corrected chi connectivity index (χ3v) is 2.44. The first kappa shape index (κ1) is 7.16. The second-order valence-electron chi connectivity index (χ2n) is 2.73. The molecule has 2 heterocycles. The number of fused-ring (bicyclic) bond motifs is 1. The maximum atomic E-state index is 5.42. The van der Waals surface area contributed by atoms with Crippen LogP contribution in [-0.2, 0) is 0 Å². The maximum absolute atomic E-state index is 5.42. The monoisotopic (exact) mass is 216 g/mol. The van der Waals surface area contributed by atoms with Crippen LogP contribution in [0, 0.1) is 0 Å². The zero-order chi connectivity index (χ0) is 7.84. The van der Waals surface area contributed by atoms with Crippen molar-refractivity contribution in [2.45, 2.75) is 19.4 Å². The number of aromatic nitrogens is 2. The molecule has 0 aliphatic carbocycles. The highest BCUT2D eigenvalue weighted by Crippen LogP contribution is 2.31. The second-order valence-corrected chi connectivity index (χ2v) is 3.58. The lowest BCUT2D eigenvalue weighted by molar-refractivity contribution is 0.200. The van der Waals surface area contributed by atoms with Crippen LogP contribution in [-0.4, -0.2) is 16.4 Å². The van der Waals surface area contributed by atoms with Gasteiger partial charge in [-0.3, -0.25) is 0 Å². The maximum Gasteiger partial charge on any atom is 0.226 e. The molecule has 0 fully saturated rings. The minimum atomic E-state index is 0.463. The summed E-state index contributed by atoms with van der Waals surface area (Å²) < 4.78 is 8.28. The van der Waals surface area contributed by atoms with Gasteiger partial charge >= 0.3 is 0 Å². The zero-order valence-corrected chi connectivity index (χ0v) is 7.84. The highest BCUT2D eigenvalue weighted by Gasteiger charge is 2.19. The van der Waals surface area contributed by atoms with Gasteiger partial charge in [-0.1, -0.05) is 0 Å². The van der Waals surface area contributed by atoms with Gasteiger partial charge in [-0.25, -0.2) is 4.68 Å². The predicted octanol–water partition coefficient (Wildman–Crippen LogP) is 1.99. The Balaban J connectivity index is 2.46. The Labute approximate surface area is 73.5 Å². The summed E-state index contributed by atoms with van der Waals surface area (Å²) in [7, 11) is 0. The van der Waals surface area contributed by atoms with E-state index in [1.54, 1.807) is 6.20 Å². The Morgan fingerprint density at radius 1 is 1.82 bits per heavy atom. The van der Waals surface area contributed by atoms with Crippen LogP contribution < -0.4 is 4.74 Å². The third-order valence-electron chi connectivity index (χ3n) is 1.90. The second kappa shape index (κ2) is 2.52. The molecule has 0 spiro atoms. The van der Waals surface area contributed by atoms with Crippen LogP contribution in [0.25, 0.3) is 0 Å². The molecule has 0 bridgehead atoms. The van der Waals surface area contributed by atoms with Gasteiger partial charge in [0.15, 0.2) is 0 Å². The Morgan fingerprint density at radius 2 is 2.64 bits per heavy atom. The van der Waals surface area contributed by atoms with Crippen LogP contribution >= 0.6 is 15.9 Å². The Morgan fingerprint density at radius 3 is 3.36 bits per heavy atom. The first-order chi connectivity index (χ1) is 5.29. The molecule has 1 atom stereocenters. The van der Waals surface area contributed by atoms with E-state index in [2.05, 4.69) is 28.0 Å². The van der Waals surface area contributed by atoms with Crippen molar-refractivity contribution in [3.63, 3.8) is 0 Å². The number of hydrogen-bond acceptors (Lipinski definition) is 2. The van der Waals surface area contributed by atoms with Gasteiger partial charge in [0.05, 0.1) is 23.3 Å². The molecule has 1 aromatic rings. The Hall–Kier alpha value is -0.510. The molecule has 0 saturated carbocycles. The van der Waals surface area contributed by atoms with Crippen molar-refractivity contribution in [2.75, 3.05) is 6.61 Å². The molecule has 2 rings (SSSR count). The van der Waals surface area contributed by atoms with Gasteiger partial charge in [0, 0.05) is 6.42 Å². The fraction of sp³-hybridized carbons (Fsp3) is 0.571. The van der Waals surface area contributed by atoms with Crippen LogP contribution in [0.3, 0.4) is 0 Å². The van der Waals surface area contributed by atoms with Crippen LogP contribution in [0.1, 0.15) is 19.4 Å². The van der Waals surface area contributed by atoms with Crippen molar-refractivity contribution < 1.29 is 4.74 Å². The summed E-state index contributed by atoms with van der Waals surface area (Å²) in [6.45, 7) is 2.94. The molecule has 0 amide bonds. The molecule has 60 valence electrons. The zero-order valence-electron chi connectivity index (χ0n) is 6.25. The minimum Gasteiger partial charge on any atom is -0.477 e.